The van der Waals surface area contributed by atoms with Crippen molar-refractivity contribution in [2.75, 3.05) is 30.3 Å². The lowest BCUT2D eigenvalue weighted by atomic mass is 9.96. The first-order valence-corrected chi connectivity index (χ1v) is 9.40. The molecular weight excluding hydrogens is 355 g/mol. The number of para-hydroxylation sites is 1. The number of nitrogens with two attached hydrogens (primary N) is 2. The smallest absolute Gasteiger partial charge is 0.391 e. The average molecular weight is 385 g/mol. The average Bonchev–Trinajstić information content (AvgIpc) is 2.63. The van der Waals surface area contributed by atoms with E-state index in [0.717, 1.165) is 42.6 Å². The molecule has 1 aliphatic rings. The number of fused-ring (bicyclic) bond motifs is 1. The highest BCUT2D eigenvalue weighted by atomic mass is 19.4. The maximum Gasteiger partial charge on any atom is 0.407 e. The lowest BCUT2D eigenvalue weighted by Crippen LogP contribution is -2.48. The van der Waals surface area contributed by atoms with Crippen molar-refractivity contribution >= 4 is 11.4 Å². The number of anilines is 2. The third-order valence-electron chi connectivity index (χ3n) is 4.75. The molecule has 0 fully saturated rings. The predicted octanol–water partition coefficient (Wildman–Crippen LogP) is 3.08. The zero-order chi connectivity index (χ0) is 19.9. The summed E-state index contributed by atoms with van der Waals surface area (Å²) in [6.45, 7) is 3.53. The third kappa shape index (κ3) is 6.04. The highest BCUT2D eigenvalue weighted by molar-refractivity contribution is 5.75. The quantitative estimate of drug-likeness (QED) is 0.422. The van der Waals surface area contributed by atoms with Crippen LogP contribution in [0.3, 0.4) is 0 Å². The fourth-order valence-electron chi connectivity index (χ4n) is 3.16. The number of rotatable bonds is 9. The molecule has 0 amide bonds. The van der Waals surface area contributed by atoms with Crippen LogP contribution in [0.4, 0.5) is 24.5 Å². The molecule has 2 atom stereocenters. The normalized spacial score (nSPS) is 18.3. The van der Waals surface area contributed by atoms with Crippen LogP contribution < -0.4 is 27.4 Å². The van der Waals surface area contributed by atoms with Crippen molar-refractivity contribution in [2.45, 2.75) is 50.9 Å². The predicted molar refractivity (Wildman–Crippen MR) is 105 cm³/mol. The summed E-state index contributed by atoms with van der Waals surface area (Å²) in [5.41, 5.74) is 13.8. The van der Waals surface area contributed by atoms with E-state index < -0.39 is 18.3 Å². The Bertz CT molecular complexity index is 630. The Balaban J connectivity index is 2.07. The fraction of sp³-hybridized carbons (Fsp3) is 0.579. The number of aryl methyl sites for hydroxylation is 1. The van der Waals surface area contributed by atoms with Gasteiger partial charge < -0.3 is 27.4 Å². The first kappa shape index (κ1) is 21.4. The van der Waals surface area contributed by atoms with Gasteiger partial charge in [0, 0.05) is 13.1 Å². The molecule has 5 nitrogen and oxygen atoms in total. The number of hydrogen-bond donors (Lipinski definition) is 5. The van der Waals surface area contributed by atoms with Crippen LogP contribution in [0.5, 0.6) is 0 Å². The summed E-state index contributed by atoms with van der Waals surface area (Å²) in [5.74, 6) is 0. The van der Waals surface area contributed by atoms with E-state index in [0.29, 0.717) is 19.6 Å². The van der Waals surface area contributed by atoms with E-state index in [9.17, 15) is 13.2 Å². The van der Waals surface area contributed by atoms with Crippen molar-refractivity contribution in [1.29, 1.82) is 0 Å². The van der Waals surface area contributed by atoms with E-state index in [1.165, 1.54) is 6.20 Å². The lowest BCUT2D eigenvalue weighted by Gasteiger charge is -2.34. The molecule has 2 unspecified atom stereocenters. The van der Waals surface area contributed by atoms with Gasteiger partial charge in [0.2, 0.25) is 0 Å². The molecule has 152 valence electrons. The van der Waals surface area contributed by atoms with E-state index in [-0.39, 0.29) is 5.57 Å². The standard InChI is InChI=1S/C19H30F3N5/c1-13-7-6-8-15-17(13)27-16(12-26-15)14(18(24)19(20,21)22)11-25-10-5-3-2-4-9-23/h6-8,11,16,18,25-27H,2-5,9-10,12,23-24H2,1H3/b14-11-. The van der Waals surface area contributed by atoms with Crippen LogP contribution in [0.25, 0.3) is 0 Å². The molecule has 7 N–H and O–H groups in total. The number of hydrogen-bond acceptors (Lipinski definition) is 5. The highest BCUT2D eigenvalue weighted by Crippen LogP contribution is 2.33. The molecule has 1 aromatic carbocycles. The maximum absolute atomic E-state index is 13.3. The van der Waals surface area contributed by atoms with Crippen LogP contribution in [0.2, 0.25) is 0 Å². The molecule has 1 heterocycles. The van der Waals surface area contributed by atoms with Crippen molar-refractivity contribution in [3.05, 3.63) is 35.5 Å². The van der Waals surface area contributed by atoms with Gasteiger partial charge in [-0.25, -0.2) is 0 Å². The zero-order valence-corrected chi connectivity index (χ0v) is 15.7. The number of nitrogens with one attached hydrogen (secondary N) is 3. The molecule has 0 saturated carbocycles. The SMILES string of the molecule is Cc1cccc2c1NC(/C(=C/NCCCCCCN)C(N)C(F)(F)F)CN2. The lowest BCUT2D eigenvalue weighted by molar-refractivity contribution is -0.139. The van der Waals surface area contributed by atoms with Crippen LogP contribution in [-0.2, 0) is 0 Å². The monoisotopic (exact) mass is 385 g/mol. The minimum absolute atomic E-state index is 0.103. The van der Waals surface area contributed by atoms with Crippen molar-refractivity contribution in [3.63, 3.8) is 0 Å². The first-order valence-electron chi connectivity index (χ1n) is 9.40. The minimum Gasteiger partial charge on any atom is -0.391 e. The minimum atomic E-state index is -4.50. The Labute approximate surface area is 158 Å². The second-order valence-electron chi connectivity index (χ2n) is 6.90. The van der Waals surface area contributed by atoms with Gasteiger partial charge in [0.15, 0.2) is 0 Å². The summed E-state index contributed by atoms with van der Waals surface area (Å²) >= 11 is 0. The van der Waals surface area contributed by atoms with Crippen LogP contribution in [0.1, 0.15) is 31.2 Å². The molecule has 1 aromatic rings. The van der Waals surface area contributed by atoms with Gasteiger partial charge >= 0.3 is 6.18 Å². The molecule has 8 heteroatoms. The van der Waals surface area contributed by atoms with Gasteiger partial charge in [-0.1, -0.05) is 25.0 Å². The van der Waals surface area contributed by atoms with Gasteiger partial charge in [-0.2, -0.15) is 13.2 Å². The Morgan fingerprint density at radius 2 is 2.04 bits per heavy atom. The van der Waals surface area contributed by atoms with Crippen molar-refractivity contribution in [1.82, 2.24) is 5.32 Å². The van der Waals surface area contributed by atoms with E-state index in [1.54, 1.807) is 0 Å². The van der Waals surface area contributed by atoms with Gasteiger partial charge in [0.1, 0.15) is 6.04 Å². The van der Waals surface area contributed by atoms with Crippen molar-refractivity contribution in [3.8, 4) is 0 Å². The van der Waals surface area contributed by atoms with Gasteiger partial charge in [-0.3, -0.25) is 0 Å². The molecule has 0 radical (unpaired) electrons. The van der Waals surface area contributed by atoms with Crippen molar-refractivity contribution < 1.29 is 13.2 Å². The summed E-state index contributed by atoms with van der Waals surface area (Å²) in [7, 11) is 0. The van der Waals surface area contributed by atoms with E-state index in [2.05, 4.69) is 16.0 Å². The van der Waals surface area contributed by atoms with Crippen LogP contribution in [0.15, 0.2) is 30.0 Å². The number of unbranched alkanes of at least 4 members (excludes halogenated alkanes) is 3. The van der Waals surface area contributed by atoms with Gasteiger partial charge in [0.25, 0.3) is 0 Å². The molecule has 0 aromatic heterocycles. The first-order chi connectivity index (χ1) is 12.8. The molecule has 27 heavy (non-hydrogen) atoms. The molecule has 0 aliphatic carbocycles. The van der Waals surface area contributed by atoms with E-state index in [4.69, 9.17) is 11.5 Å². The summed E-state index contributed by atoms with van der Waals surface area (Å²) in [5, 5.41) is 9.43. The van der Waals surface area contributed by atoms with E-state index in [1.807, 2.05) is 25.1 Å². The maximum atomic E-state index is 13.3. The van der Waals surface area contributed by atoms with Gasteiger partial charge in [0.05, 0.1) is 17.4 Å². The largest absolute Gasteiger partial charge is 0.407 e. The Hall–Kier alpha value is -1.93. The molecular formula is C19H30F3N5. The van der Waals surface area contributed by atoms with E-state index >= 15 is 0 Å². The second-order valence-corrected chi connectivity index (χ2v) is 6.90. The summed E-state index contributed by atoms with van der Waals surface area (Å²) in [6.07, 6.45) is 0.807. The van der Waals surface area contributed by atoms with Crippen LogP contribution in [-0.4, -0.2) is 37.9 Å². The molecule has 0 saturated heterocycles. The summed E-state index contributed by atoms with van der Waals surface area (Å²) in [4.78, 5) is 0. The number of benzene rings is 1. The topological polar surface area (TPSA) is 88.1 Å². The molecule has 0 spiro atoms. The third-order valence-corrected chi connectivity index (χ3v) is 4.75. The second kappa shape index (κ2) is 9.85. The Kier molecular flexibility index (Phi) is 7.79. The van der Waals surface area contributed by atoms with Crippen LogP contribution in [0, 0.1) is 6.92 Å². The highest BCUT2D eigenvalue weighted by Gasteiger charge is 2.42. The Morgan fingerprint density at radius 1 is 1.30 bits per heavy atom. The number of halogens is 3. The summed E-state index contributed by atoms with van der Waals surface area (Å²) in [6, 6.07) is 3.17. The Morgan fingerprint density at radius 3 is 2.74 bits per heavy atom. The fourth-order valence-corrected chi connectivity index (χ4v) is 3.16. The molecule has 1 aliphatic heterocycles. The van der Waals surface area contributed by atoms with Crippen LogP contribution >= 0.6 is 0 Å². The van der Waals surface area contributed by atoms with Gasteiger partial charge in [-0.15, -0.1) is 0 Å². The molecule has 0 bridgehead atoms. The molecule has 2 rings (SSSR count). The van der Waals surface area contributed by atoms with Gasteiger partial charge in [-0.05, 0) is 49.7 Å². The summed E-state index contributed by atoms with van der Waals surface area (Å²) < 4.78 is 39.9. The van der Waals surface area contributed by atoms with Crippen molar-refractivity contribution in [2.24, 2.45) is 11.5 Å². The number of alkyl halides is 3. The zero-order valence-electron chi connectivity index (χ0n) is 15.7.